The van der Waals surface area contributed by atoms with E-state index in [1.54, 1.807) is 39.5 Å². The van der Waals surface area contributed by atoms with Gasteiger partial charge in [-0.1, -0.05) is 0 Å². The number of nitrogens with two attached hydrogens (primary N) is 1. The lowest BCUT2D eigenvalue weighted by molar-refractivity contribution is 0.105. The first-order valence-corrected chi connectivity index (χ1v) is 5.91. The summed E-state index contributed by atoms with van der Waals surface area (Å²) in [7, 11) is 4.78. The first-order valence-electron chi connectivity index (χ1n) is 5.91. The van der Waals surface area contributed by atoms with Crippen LogP contribution in [0.1, 0.15) is 5.56 Å². The van der Waals surface area contributed by atoms with Gasteiger partial charge in [0.2, 0.25) is 0 Å². The van der Waals surface area contributed by atoms with Gasteiger partial charge in [0.25, 0.3) is 0 Å². The van der Waals surface area contributed by atoms with E-state index in [1.807, 2.05) is 0 Å². The molecule has 0 atom stereocenters. The topological polar surface area (TPSA) is 74.0 Å². The van der Waals surface area contributed by atoms with Crippen molar-refractivity contribution in [3.8, 4) is 11.5 Å². The Labute approximate surface area is 113 Å². The monoisotopic (exact) mass is 268 g/mol. The minimum absolute atomic E-state index is 0.119. The van der Waals surface area contributed by atoms with Gasteiger partial charge < -0.3 is 24.8 Å². The molecule has 2 N–H and O–H groups in total. The zero-order chi connectivity index (χ0) is 14.3. The predicted molar refractivity (Wildman–Crippen MR) is 71.4 cm³/mol. The van der Waals surface area contributed by atoms with Crippen molar-refractivity contribution in [2.75, 3.05) is 34.4 Å². The first kappa shape index (κ1) is 15.1. The molecule has 6 nitrogen and oxygen atoms in total. The van der Waals surface area contributed by atoms with Crippen LogP contribution in [-0.2, 0) is 11.3 Å². The molecule has 0 saturated carbocycles. The van der Waals surface area contributed by atoms with E-state index in [-0.39, 0.29) is 6.61 Å². The van der Waals surface area contributed by atoms with Crippen LogP contribution in [0.3, 0.4) is 0 Å². The van der Waals surface area contributed by atoms with Crippen molar-refractivity contribution in [2.45, 2.75) is 6.61 Å². The number of amides is 1. The molecule has 6 heteroatoms. The lowest BCUT2D eigenvalue weighted by Gasteiger charge is -2.16. The van der Waals surface area contributed by atoms with Crippen LogP contribution in [-0.4, -0.2) is 45.3 Å². The molecule has 0 spiro atoms. The maximum absolute atomic E-state index is 11.6. The lowest BCUT2D eigenvalue weighted by atomic mass is 10.2. The molecule has 0 bridgehead atoms. The van der Waals surface area contributed by atoms with Crippen LogP contribution >= 0.6 is 0 Å². The van der Waals surface area contributed by atoms with Crippen LogP contribution < -0.4 is 15.2 Å². The number of benzene rings is 1. The maximum Gasteiger partial charge on any atom is 0.409 e. The van der Waals surface area contributed by atoms with Gasteiger partial charge in [-0.25, -0.2) is 4.79 Å². The van der Waals surface area contributed by atoms with Crippen LogP contribution in [0.2, 0.25) is 0 Å². The highest BCUT2D eigenvalue weighted by atomic mass is 16.6. The average Bonchev–Trinajstić information content (AvgIpc) is 2.44. The highest BCUT2D eigenvalue weighted by molar-refractivity contribution is 5.67. The van der Waals surface area contributed by atoms with Gasteiger partial charge in [0.1, 0.15) is 18.1 Å². The minimum Gasteiger partial charge on any atom is -0.497 e. The van der Waals surface area contributed by atoms with E-state index >= 15 is 0 Å². The van der Waals surface area contributed by atoms with E-state index in [4.69, 9.17) is 19.9 Å². The summed E-state index contributed by atoms with van der Waals surface area (Å²) in [4.78, 5) is 13.1. The second kappa shape index (κ2) is 7.48. The van der Waals surface area contributed by atoms with Crippen molar-refractivity contribution < 1.29 is 19.0 Å². The minimum atomic E-state index is -0.421. The Balaban J connectivity index is 2.68. The zero-order valence-electron chi connectivity index (χ0n) is 11.5. The van der Waals surface area contributed by atoms with E-state index in [0.717, 1.165) is 5.56 Å². The molecule has 1 aromatic carbocycles. The molecule has 1 aromatic rings. The van der Waals surface area contributed by atoms with Gasteiger partial charge >= 0.3 is 6.09 Å². The SMILES string of the molecule is COc1ccc(OC)c(COC(=O)N(C)CCN)c1. The van der Waals surface area contributed by atoms with Gasteiger partial charge in [-0.15, -0.1) is 0 Å². The fraction of sp³-hybridized carbons (Fsp3) is 0.462. The zero-order valence-corrected chi connectivity index (χ0v) is 11.5. The van der Waals surface area contributed by atoms with E-state index in [2.05, 4.69) is 0 Å². The number of carbonyl (C=O) groups is 1. The summed E-state index contributed by atoms with van der Waals surface area (Å²) in [5.74, 6) is 1.33. The molecule has 1 amide bonds. The second-order valence-corrected chi connectivity index (χ2v) is 3.94. The number of hydrogen-bond acceptors (Lipinski definition) is 5. The molecule has 0 aromatic heterocycles. The number of likely N-dealkylation sites (N-methyl/N-ethyl adjacent to an activating group) is 1. The van der Waals surface area contributed by atoms with Crippen LogP contribution in [0.4, 0.5) is 4.79 Å². The van der Waals surface area contributed by atoms with Gasteiger partial charge in [-0.3, -0.25) is 0 Å². The van der Waals surface area contributed by atoms with E-state index in [1.165, 1.54) is 4.90 Å². The Kier molecular flexibility index (Phi) is 5.95. The molecule has 0 fully saturated rings. The lowest BCUT2D eigenvalue weighted by Crippen LogP contribution is -2.32. The summed E-state index contributed by atoms with van der Waals surface area (Å²) in [6.07, 6.45) is -0.421. The standard InChI is InChI=1S/C13H20N2O4/c1-15(7-6-14)13(16)19-9-10-8-11(17-2)4-5-12(10)18-3/h4-5,8H,6-7,9,14H2,1-3H3. The Morgan fingerprint density at radius 3 is 2.63 bits per heavy atom. The molecular formula is C13H20N2O4. The average molecular weight is 268 g/mol. The number of hydrogen-bond donors (Lipinski definition) is 1. The van der Waals surface area contributed by atoms with E-state index < -0.39 is 6.09 Å². The molecule has 0 saturated heterocycles. The summed E-state index contributed by atoms with van der Waals surface area (Å²) >= 11 is 0. The molecule has 106 valence electrons. The molecular weight excluding hydrogens is 248 g/mol. The number of carbonyl (C=O) groups excluding carboxylic acids is 1. The van der Waals surface area contributed by atoms with Crippen molar-refractivity contribution in [3.05, 3.63) is 23.8 Å². The van der Waals surface area contributed by atoms with Gasteiger partial charge in [-0.2, -0.15) is 0 Å². The number of methoxy groups -OCH3 is 2. The Bertz CT molecular complexity index is 423. The van der Waals surface area contributed by atoms with E-state index in [0.29, 0.717) is 24.6 Å². The predicted octanol–water partition coefficient (Wildman–Crippen LogP) is 1.23. The van der Waals surface area contributed by atoms with Gasteiger partial charge in [0.15, 0.2) is 0 Å². The smallest absolute Gasteiger partial charge is 0.409 e. The summed E-state index contributed by atoms with van der Waals surface area (Å²) in [5, 5.41) is 0. The van der Waals surface area contributed by atoms with Crippen LogP contribution in [0.25, 0.3) is 0 Å². The normalized spacial score (nSPS) is 9.89. The highest BCUT2D eigenvalue weighted by Crippen LogP contribution is 2.24. The second-order valence-electron chi connectivity index (χ2n) is 3.94. The van der Waals surface area contributed by atoms with Gasteiger partial charge in [-0.05, 0) is 18.2 Å². The van der Waals surface area contributed by atoms with Crippen molar-refractivity contribution >= 4 is 6.09 Å². The molecule has 0 aliphatic rings. The first-order chi connectivity index (χ1) is 9.12. The summed E-state index contributed by atoms with van der Waals surface area (Å²) in [6.45, 7) is 0.969. The Morgan fingerprint density at radius 2 is 2.05 bits per heavy atom. The number of nitrogens with zero attached hydrogens (tertiary/aromatic N) is 1. The Hall–Kier alpha value is -1.95. The van der Waals surface area contributed by atoms with Crippen molar-refractivity contribution in [3.63, 3.8) is 0 Å². The third kappa shape index (κ3) is 4.33. The fourth-order valence-electron chi connectivity index (χ4n) is 1.53. The molecule has 0 aliphatic heterocycles. The van der Waals surface area contributed by atoms with Crippen molar-refractivity contribution in [1.29, 1.82) is 0 Å². The van der Waals surface area contributed by atoms with Crippen LogP contribution in [0.15, 0.2) is 18.2 Å². The van der Waals surface area contributed by atoms with Crippen LogP contribution in [0, 0.1) is 0 Å². The third-order valence-electron chi connectivity index (χ3n) is 2.61. The molecule has 0 heterocycles. The van der Waals surface area contributed by atoms with Gasteiger partial charge in [0.05, 0.1) is 14.2 Å². The van der Waals surface area contributed by atoms with Crippen molar-refractivity contribution in [1.82, 2.24) is 4.90 Å². The van der Waals surface area contributed by atoms with E-state index in [9.17, 15) is 4.79 Å². The molecule has 0 unspecified atom stereocenters. The largest absolute Gasteiger partial charge is 0.497 e. The molecule has 0 radical (unpaired) electrons. The fourth-order valence-corrected chi connectivity index (χ4v) is 1.53. The number of ether oxygens (including phenoxy) is 3. The quantitative estimate of drug-likeness (QED) is 0.840. The molecule has 19 heavy (non-hydrogen) atoms. The van der Waals surface area contributed by atoms with Gasteiger partial charge in [0, 0.05) is 25.7 Å². The van der Waals surface area contributed by atoms with Crippen molar-refractivity contribution in [2.24, 2.45) is 5.73 Å². The molecule has 0 aliphatic carbocycles. The highest BCUT2D eigenvalue weighted by Gasteiger charge is 2.11. The Morgan fingerprint density at radius 1 is 1.32 bits per heavy atom. The maximum atomic E-state index is 11.6. The summed E-state index contributed by atoms with van der Waals surface area (Å²) in [5.41, 5.74) is 6.12. The summed E-state index contributed by atoms with van der Waals surface area (Å²) < 4.78 is 15.5. The van der Waals surface area contributed by atoms with Crippen LogP contribution in [0.5, 0.6) is 11.5 Å². The number of rotatable bonds is 6. The molecule has 1 rings (SSSR count). The summed E-state index contributed by atoms with van der Waals surface area (Å²) in [6, 6.07) is 5.32. The third-order valence-corrected chi connectivity index (χ3v) is 2.61.